The lowest BCUT2D eigenvalue weighted by atomic mass is 9.86. The summed E-state index contributed by atoms with van der Waals surface area (Å²) in [5, 5.41) is 10.7. The molecule has 0 atom stereocenters. The maximum atomic E-state index is 10.7. The minimum absolute atomic E-state index is 0.0635. The zero-order valence-corrected chi connectivity index (χ0v) is 10.0. The lowest BCUT2D eigenvalue weighted by molar-refractivity contribution is -0.385. The van der Waals surface area contributed by atoms with Crippen LogP contribution in [0.4, 0.5) is 5.69 Å². The zero-order chi connectivity index (χ0) is 12.5. The lowest BCUT2D eigenvalue weighted by Gasteiger charge is -2.37. The van der Waals surface area contributed by atoms with Gasteiger partial charge in [0.05, 0.1) is 11.0 Å². The second kappa shape index (κ2) is 4.35. The number of ether oxygens (including phenoxy) is 1. The Balaban J connectivity index is 2.35. The van der Waals surface area contributed by atoms with E-state index < -0.39 is 4.92 Å². The monoisotopic (exact) mass is 233 g/mol. The Labute approximate surface area is 101 Å². The van der Waals surface area contributed by atoms with Crippen molar-refractivity contribution in [2.24, 2.45) is 0 Å². The first-order chi connectivity index (χ1) is 8.10. The van der Waals surface area contributed by atoms with Crippen LogP contribution in [0.3, 0.4) is 0 Å². The fourth-order valence-corrected chi connectivity index (χ4v) is 2.03. The van der Waals surface area contributed by atoms with E-state index in [9.17, 15) is 10.1 Å². The quantitative estimate of drug-likeness (QED) is 0.594. The molecule has 0 spiro atoms. The van der Waals surface area contributed by atoms with Gasteiger partial charge in [-0.2, -0.15) is 0 Å². The number of rotatable bonds is 3. The number of hydrogen-bond acceptors (Lipinski definition) is 3. The lowest BCUT2D eigenvalue weighted by Crippen LogP contribution is -2.37. The van der Waals surface area contributed by atoms with E-state index in [1.54, 1.807) is 6.07 Å². The zero-order valence-electron chi connectivity index (χ0n) is 10.0. The van der Waals surface area contributed by atoms with Gasteiger partial charge in [0.2, 0.25) is 0 Å². The van der Waals surface area contributed by atoms with Crippen LogP contribution >= 0.6 is 0 Å². The van der Waals surface area contributed by atoms with Crippen molar-refractivity contribution in [1.82, 2.24) is 0 Å². The molecule has 0 amide bonds. The Morgan fingerprint density at radius 1 is 1.47 bits per heavy atom. The number of non-ortho nitro benzene ring substituents is 1. The molecule has 2 rings (SSSR count). The number of nitrogens with zero attached hydrogens (tertiary/aromatic N) is 1. The summed E-state index contributed by atoms with van der Waals surface area (Å²) in [6.07, 6.45) is 5.76. The van der Waals surface area contributed by atoms with Crippen LogP contribution in [0.1, 0.15) is 38.7 Å². The summed E-state index contributed by atoms with van der Waals surface area (Å²) >= 11 is 0. The summed E-state index contributed by atoms with van der Waals surface area (Å²) in [6, 6.07) is 4.67. The van der Waals surface area contributed by atoms with Gasteiger partial charge in [-0.1, -0.05) is 13.8 Å². The van der Waals surface area contributed by atoms with Crippen molar-refractivity contribution in [1.29, 1.82) is 0 Å². The molecule has 0 aromatic heterocycles. The molecule has 1 aromatic carbocycles. The average Bonchev–Trinajstić information content (AvgIpc) is 2.37. The normalized spacial score (nSPS) is 17.1. The van der Waals surface area contributed by atoms with Gasteiger partial charge in [0.15, 0.2) is 0 Å². The van der Waals surface area contributed by atoms with E-state index in [-0.39, 0.29) is 11.3 Å². The molecular formula is C13H15NO3. The van der Waals surface area contributed by atoms with E-state index in [0.717, 1.165) is 24.8 Å². The number of fused-ring (bicyclic) bond motifs is 1. The molecule has 0 saturated heterocycles. The van der Waals surface area contributed by atoms with Crippen LogP contribution in [0, 0.1) is 16.5 Å². The van der Waals surface area contributed by atoms with Gasteiger partial charge in [-0.05, 0) is 25.3 Å². The number of hydrogen-bond donors (Lipinski definition) is 0. The fourth-order valence-electron chi connectivity index (χ4n) is 2.03. The van der Waals surface area contributed by atoms with Gasteiger partial charge in [0.1, 0.15) is 11.4 Å². The van der Waals surface area contributed by atoms with Crippen LogP contribution in [0.2, 0.25) is 0 Å². The third-order valence-corrected chi connectivity index (χ3v) is 3.39. The van der Waals surface area contributed by atoms with E-state index in [1.807, 2.05) is 0 Å². The van der Waals surface area contributed by atoms with Gasteiger partial charge in [-0.15, -0.1) is 0 Å². The maximum absolute atomic E-state index is 10.7. The summed E-state index contributed by atoms with van der Waals surface area (Å²) in [5.41, 5.74) is 0.643. The molecule has 4 heteroatoms. The van der Waals surface area contributed by atoms with Crippen LogP contribution in [-0.4, -0.2) is 10.5 Å². The summed E-state index contributed by atoms with van der Waals surface area (Å²) in [6.45, 7) is 4.13. The van der Waals surface area contributed by atoms with Crippen LogP contribution in [0.15, 0.2) is 18.2 Å². The van der Waals surface area contributed by atoms with E-state index >= 15 is 0 Å². The van der Waals surface area contributed by atoms with Crippen molar-refractivity contribution in [3.8, 4) is 5.75 Å². The Morgan fingerprint density at radius 3 is 2.76 bits per heavy atom. The van der Waals surface area contributed by atoms with Gasteiger partial charge in [-0.25, -0.2) is 0 Å². The largest absolute Gasteiger partial charge is 0.487 e. The predicted molar refractivity (Wildman–Crippen MR) is 64.0 cm³/mol. The molecule has 1 aliphatic rings. The molecule has 0 bridgehead atoms. The highest BCUT2D eigenvalue weighted by Gasteiger charge is 2.33. The standard InChI is InChI=1S/C13H15NO3/c1-3-13(4-2)8-7-10-5-6-11(14(15)16)9-12(10)17-13/h5-6,9H,3-4,8H2,1-2H3. The number of nitro groups is 1. The van der Waals surface area contributed by atoms with E-state index in [0.29, 0.717) is 5.75 Å². The van der Waals surface area contributed by atoms with Gasteiger partial charge in [0, 0.05) is 18.1 Å². The van der Waals surface area contributed by atoms with Crippen LogP contribution in [-0.2, 0) is 0 Å². The van der Waals surface area contributed by atoms with Gasteiger partial charge in [0.25, 0.3) is 5.69 Å². The first-order valence-electron chi connectivity index (χ1n) is 5.81. The Bertz CT molecular complexity index is 438. The predicted octanol–water partition coefficient (Wildman–Crippen LogP) is 3.37. The summed E-state index contributed by atoms with van der Waals surface area (Å²) < 4.78 is 5.94. The molecule has 0 aliphatic carbocycles. The summed E-state index contributed by atoms with van der Waals surface area (Å²) in [4.78, 5) is 10.3. The molecule has 0 N–H and O–H groups in total. The molecule has 0 fully saturated rings. The smallest absolute Gasteiger partial charge is 0.273 e. The first-order valence-corrected chi connectivity index (χ1v) is 5.81. The third kappa shape index (κ3) is 2.12. The fraction of sp³-hybridized carbons (Fsp3) is 0.462. The van der Waals surface area contributed by atoms with Gasteiger partial charge >= 0.3 is 0 Å². The highest BCUT2D eigenvalue weighted by Crippen LogP contribution is 2.39. The van der Waals surface area contributed by atoms with Crippen molar-refractivity contribution in [2.45, 2.75) is 38.7 Å². The van der Waals surface area contributed by atoms with Crippen molar-refractivity contribution >= 4 is 5.69 Å². The second-order valence-corrected chi connectivity index (χ2v) is 4.28. The molecule has 17 heavy (non-hydrogen) atoms. The topological polar surface area (TPSA) is 52.4 Å². The Kier molecular flexibility index (Phi) is 3.05. The average molecular weight is 233 g/mol. The Morgan fingerprint density at radius 2 is 2.18 bits per heavy atom. The van der Waals surface area contributed by atoms with Crippen molar-refractivity contribution < 1.29 is 9.66 Å². The van der Waals surface area contributed by atoms with Gasteiger partial charge < -0.3 is 4.74 Å². The van der Waals surface area contributed by atoms with Gasteiger partial charge in [-0.3, -0.25) is 10.1 Å². The van der Waals surface area contributed by atoms with E-state index in [4.69, 9.17) is 4.74 Å². The summed E-state index contributed by atoms with van der Waals surface area (Å²) in [5.74, 6) is 0.578. The van der Waals surface area contributed by atoms with E-state index in [2.05, 4.69) is 20.3 Å². The number of benzene rings is 1. The third-order valence-electron chi connectivity index (χ3n) is 3.39. The highest BCUT2D eigenvalue weighted by atomic mass is 16.6. The highest BCUT2D eigenvalue weighted by molar-refractivity contribution is 5.49. The van der Waals surface area contributed by atoms with Crippen LogP contribution in [0.25, 0.3) is 0 Å². The SMILES string of the molecule is CCC1(CC)C[C]c2ccc([N+](=O)[O-])cc2O1. The van der Waals surface area contributed by atoms with Crippen molar-refractivity contribution in [3.63, 3.8) is 0 Å². The molecule has 1 aliphatic heterocycles. The van der Waals surface area contributed by atoms with E-state index in [1.165, 1.54) is 12.1 Å². The molecule has 0 unspecified atom stereocenters. The molecule has 1 heterocycles. The van der Waals surface area contributed by atoms with Crippen molar-refractivity contribution in [3.05, 3.63) is 40.3 Å². The van der Waals surface area contributed by atoms with Crippen LogP contribution in [0.5, 0.6) is 5.75 Å². The van der Waals surface area contributed by atoms with Crippen LogP contribution < -0.4 is 4.74 Å². The Hall–Kier alpha value is -1.58. The second-order valence-electron chi connectivity index (χ2n) is 4.28. The molecule has 90 valence electrons. The molecular weight excluding hydrogens is 218 g/mol. The maximum Gasteiger partial charge on any atom is 0.273 e. The van der Waals surface area contributed by atoms with Crippen molar-refractivity contribution in [2.75, 3.05) is 0 Å². The summed E-state index contributed by atoms with van der Waals surface area (Å²) in [7, 11) is 0. The minimum atomic E-state index is -0.405. The molecule has 0 saturated carbocycles. The molecule has 4 nitrogen and oxygen atoms in total. The minimum Gasteiger partial charge on any atom is -0.487 e. The first kappa shape index (κ1) is 11.9. The molecule has 1 aromatic rings. The molecule has 2 radical (unpaired) electrons. The number of nitro benzene ring substituents is 1.